The first-order valence-electron chi connectivity index (χ1n) is 14.7. The Kier molecular flexibility index (Phi) is 13.0. The highest BCUT2D eigenvalue weighted by molar-refractivity contribution is 5.79. The number of hydrogen-bond acceptors (Lipinski definition) is 6. The van der Waals surface area contributed by atoms with E-state index in [9.17, 15) is 9.59 Å². The number of amides is 2. The van der Waals surface area contributed by atoms with E-state index in [0.29, 0.717) is 44.6 Å². The van der Waals surface area contributed by atoms with Crippen LogP contribution in [0.1, 0.15) is 70.6 Å². The lowest BCUT2D eigenvalue weighted by molar-refractivity contribution is -0.139. The number of carbonyl (C=O) groups is 2. The third-order valence-corrected chi connectivity index (χ3v) is 8.36. The lowest BCUT2D eigenvalue weighted by atomic mass is 10.1. The number of likely N-dealkylation sites (N-methyl/N-ethyl adjacent to an activating group) is 1. The smallest absolute Gasteiger partial charge is 0.236 e. The average Bonchev–Trinajstić information content (AvgIpc) is 3.65. The largest absolute Gasteiger partial charge is 0.384 e. The molecule has 0 atom stereocenters. The first-order chi connectivity index (χ1) is 17.5. The van der Waals surface area contributed by atoms with Crippen LogP contribution in [0.3, 0.4) is 0 Å². The lowest BCUT2D eigenvalue weighted by Crippen LogP contribution is -2.52. The number of methoxy groups -OCH3 is 1. The molecule has 0 aromatic heterocycles. The van der Waals surface area contributed by atoms with Crippen LogP contribution in [0.2, 0.25) is 0 Å². The van der Waals surface area contributed by atoms with E-state index < -0.39 is 0 Å². The van der Waals surface area contributed by atoms with E-state index in [1.54, 1.807) is 7.05 Å². The molecule has 208 valence electrons. The number of piperazine rings is 2. The van der Waals surface area contributed by atoms with E-state index in [4.69, 9.17) is 4.74 Å². The third-order valence-electron chi connectivity index (χ3n) is 8.36. The molecule has 0 aromatic carbocycles. The fourth-order valence-corrected chi connectivity index (χ4v) is 5.78. The van der Waals surface area contributed by atoms with Gasteiger partial charge in [-0.05, 0) is 39.3 Å². The normalized spacial score (nSPS) is 20.6. The maximum Gasteiger partial charge on any atom is 0.236 e. The van der Waals surface area contributed by atoms with E-state index in [0.717, 1.165) is 19.4 Å². The Hall–Kier alpha value is -1.22. The van der Waals surface area contributed by atoms with E-state index >= 15 is 0 Å². The number of carbonyl (C=O) groups excluding carboxylic acids is 2. The molecule has 2 saturated heterocycles. The molecule has 3 aliphatic rings. The zero-order chi connectivity index (χ0) is 25.6. The third kappa shape index (κ3) is 10.3. The van der Waals surface area contributed by atoms with Gasteiger partial charge in [-0.15, -0.1) is 0 Å². The summed E-state index contributed by atoms with van der Waals surface area (Å²) >= 11 is 0. The highest BCUT2D eigenvalue weighted by atomic mass is 16.5. The molecule has 1 saturated carbocycles. The summed E-state index contributed by atoms with van der Waals surface area (Å²) in [7, 11) is 3.62. The predicted molar refractivity (Wildman–Crippen MR) is 145 cm³/mol. The van der Waals surface area contributed by atoms with E-state index in [1.165, 1.54) is 90.6 Å². The Balaban J connectivity index is 1.09. The van der Waals surface area contributed by atoms with Gasteiger partial charge in [-0.3, -0.25) is 9.59 Å². The Morgan fingerprint density at radius 3 is 1.81 bits per heavy atom. The second kappa shape index (κ2) is 15.9. The number of rotatable bonds is 17. The second-order valence-electron chi connectivity index (χ2n) is 11.4. The van der Waals surface area contributed by atoms with Gasteiger partial charge in [0.15, 0.2) is 0 Å². The van der Waals surface area contributed by atoms with Gasteiger partial charge in [0.2, 0.25) is 11.8 Å². The molecule has 0 unspecified atom stereocenters. The highest BCUT2D eigenvalue weighted by Crippen LogP contribution is 2.46. The summed E-state index contributed by atoms with van der Waals surface area (Å²) in [5.74, 6) is 0.390. The van der Waals surface area contributed by atoms with Crippen molar-refractivity contribution in [2.45, 2.75) is 70.6 Å². The Bertz CT molecular complexity index is 641. The van der Waals surface area contributed by atoms with Crippen LogP contribution in [-0.2, 0) is 14.3 Å². The second-order valence-corrected chi connectivity index (χ2v) is 11.4. The number of unbranched alkanes of at least 4 members (excludes halogenated alkanes) is 7. The standard InChI is InChI=1S/C28H53N5O3/c1-29-23-27(35)33-21-19-32(20-22-33)26(34)11-9-7-5-3-4-6-8-10-14-30-15-17-31(18-16-30)24-28(12-13-28)25-36-2/h29H,3-25H2,1-2H3. The van der Waals surface area contributed by atoms with Crippen LogP contribution >= 0.6 is 0 Å². The van der Waals surface area contributed by atoms with Crippen LogP contribution in [0.25, 0.3) is 0 Å². The summed E-state index contributed by atoms with van der Waals surface area (Å²) in [5.41, 5.74) is 0.483. The molecule has 36 heavy (non-hydrogen) atoms. The van der Waals surface area contributed by atoms with E-state index in [-0.39, 0.29) is 11.8 Å². The van der Waals surface area contributed by atoms with Crippen molar-refractivity contribution >= 4 is 11.8 Å². The molecule has 8 nitrogen and oxygen atoms in total. The van der Waals surface area contributed by atoms with Gasteiger partial charge in [-0.2, -0.15) is 0 Å². The monoisotopic (exact) mass is 507 g/mol. The van der Waals surface area contributed by atoms with Gasteiger partial charge in [-0.1, -0.05) is 38.5 Å². The van der Waals surface area contributed by atoms with E-state index in [2.05, 4.69) is 15.1 Å². The molecular weight excluding hydrogens is 454 g/mol. The Labute approximate surface area is 220 Å². The topological polar surface area (TPSA) is 68.4 Å². The van der Waals surface area contributed by atoms with Crippen molar-refractivity contribution in [1.82, 2.24) is 24.9 Å². The summed E-state index contributed by atoms with van der Waals surface area (Å²) in [6.07, 6.45) is 13.4. The molecule has 0 radical (unpaired) electrons. The van der Waals surface area contributed by atoms with Crippen LogP contribution in [0.15, 0.2) is 0 Å². The minimum atomic E-state index is 0.128. The fraction of sp³-hybridized carbons (Fsp3) is 0.929. The maximum atomic E-state index is 12.4. The predicted octanol–water partition coefficient (Wildman–Crippen LogP) is 2.43. The maximum absolute atomic E-state index is 12.4. The molecule has 1 N–H and O–H groups in total. The quantitative estimate of drug-likeness (QED) is 0.305. The fourth-order valence-electron chi connectivity index (χ4n) is 5.78. The summed E-state index contributed by atoms with van der Waals surface area (Å²) in [6.45, 7) is 11.4. The van der Waals surface area contributed by atoms with Crippen molar-refractivity contribution in [1.29, 1.82) is 0 Å². The molecule has 1 aliphatic carbocycles. The van der Waals surface area contributed by atoms with Gasteiger partial charge in [0, 0.05) is 77.8 Å². The summed E-state index contributed by atoms with van der Waals surface area (Å²) in [4.78, 5) is 33.5. The molecule has 0 bridgehead atoms. The SMILES string of the molecule is CNCC(=O)N1CCN(C(=O)CCCCCCCCCCN2CCN(CC3(COC)CC3)CC2)CC1. The molecule has 2 heterocycles. The molecule has 0 spiro atoms. The van der Waals surface area contributed by atoms with Gasteiger partial charge < -0.3 is 29.7 Å². The average molecular weight is 508 g/mol. The molecule has 2 amide bonds. The molecule has 8 heteroatoms. The molecule has 0 aromatic rings. The molecule has 2 aliphatic heterocycles. The van der Waals surface area contributed by atoms with Crippen LogP contribution < -0.4 is 5.32 Å². The first-order valence-corrected chi connectivity index (χ1v) is 14.7. The number of ether oxygens (including phenoxy) is 1. The summed E-state index contributed by atoms with van der Waals surface area (Å²) < 4.78 is 5.43. The molecule has 3 rings (SSSR count). The van der Waals surface area contributed by atoms with Gasteiger partial charge in [0.25, 0.3) is 0 Å². The number of hydrogen-bond donors (Lipinski definition) is 1. The lowest BCUT2D eigenvalue weighted by Gasteiger charge is -2.36. The van der Waals surface area contributed by atoms with Crippen molar-refractivity contribution in [2.24, 2.45) is 5.41 Å². The minimum absolute atomic E-state index is 0.128. The van der Waals surface area contributed by atoms with Crippen molar-refractivity contribution in [3.63, 3.8) is 0 Å². The van der Waals surface area contributed by atoms with Crippen LogP contribution in [0, 0.1) is 5.41 Å². The Morgan fingerprint density at radius 1 is 0.722 bits per heavy atom. The van der Waals surface area contributed by atoms with Gasteiger partial charge in [-0.25, -0.2) is 0 Å². The Morgan fingerprint density at radius 2 is 1.25 bits per heavy atom. The highest BCUT2D eigenvalue weighted by Gasteiger charge is 2.44. The van der Waals surface area contributed by atoms with E-state index in [1.807, 2.05) is 16.9 Å². The first kappa shape index (κ1) is 29.3. The zero-order valence-electron chi connectivity index (χ0n) is 23.3. The number of nitrogens with zero attached hydrogens (tertiary/aromatic N) is 4. The zero-order valence-corrected chi connectivity index (χ0v) is 23.3. The van der Waals surface area contributed by atoms with Crippen LogP contribution in [0.4, 0.5) is 0 Å². The minimum Gasteiger partial charge on any atom is -0.384 e. The van der Waals surface area contributed by atoms with Gasteiger partial charge >= 0.3 is 0 Å². The number of nitrogens with one attached hydrogen (secondary N) is 1. The van der Waals surface area contributed by atoms with Crippen molar-refractivity contribution < 1.29 is 14.3 Å². The van der Waals surface area contributed by atoms with Crippen LogP contribution in [0.5, 0.6) is 0 Å². The molecule has 3 fully saturated rings. The van der Waals surface area contributed by atoms with Gasteiger partial charge in [0.05, 0.1) is 13.2 Å². The van der Waals surface area contributed by atoms with Crippen molar-refractivity contribution in [3.8, 4) is 0 Å². The van der Waals surface area contributed by atoms with Crippen LogP contribution in [-0.4, -0.2) is 124 Å². The summed E-state index contributed by atoms with van der Waals surface area (Å²) in [5, 5.41) is 2.90. The van der Waals surface area contributed by atoms with Crippen molar-refractivity contribution in [2.75, 3.05) is 92.8 Å². The van der Waals surface area contributed by atoms with Gasteiger partial charge in [0.1, 0.15) is 0 Å². The summed E-state index contributed by atoms with van der Waals surface area (Å²) in [6, 6.07) is 0. The van der Waals surface area contributed by atoms with Crippen molar-refractivity contribution in [3.05, 3.63) is 0 Å². The molecular formula is C28H53N5O3.